The minimum atomic E-state index is -4.60. The molecule has 2 aliphatic heterocycles. The van der Waals surface area contributed by atoms with Gasteiger partial charge in [-0.2, -0.15) is 23.4 Å². The summed E-state index contributed by atoms with van der Waals surface area (Å²) < 4.78 is 40.2. The number of aromatic amines is 2. The van der Waals surface area contributed by atoms with Gasteiger partial charge in [0.25, 0.3) is 5.56 Å². The van der Waals surface area contributed by atoms with Crippen molar-refractivity contribution in [2.75, 3.05) is 19.6 Å². The van der Waals surface area contributed by atoms with Crippen LogP contribution in [-0.4, -0.2) is 67.8 Å². The summed E-state index contributed by atoms with van der Waals surface area (Å²) in [5, 5.41) is 14.0. The summed E-state index contributed by atoms with van der Waals surface area (Å²) in [6.07, 6.45) is -2.10. The second kappa shape index (κ2) is 10.0. The Bertz CT molecular complexity index is 1440. The Morgan fingerprint density at radius 1 is 1.18 bits per heavy atom. The van der Waals surface area contributed by atoms with Crippen molar-refractivity contribution in [3.63, 3.8) is 0 Å². The van der Waals surface area contributed by atoms with Crippen LogP contribution in [0.5, 0.6) is 0 Å². The average molecular weight is 551 g/mol. The molecule has 1 atom stereocenters. The zero-order valence-electron chi connectivity index (χ0n) is 20.6. The topological polar surface area (TPSA) is 115 Å². The number of hydrogen-bond acceptors (Lipinski definition) is 5. The zero-order valence-corrected chi connectivity index (χ0v) is 21.3. The fourth-order valence-electron chi connectivity index (χ4n) is 5.55. The molecule has 0 spiro atoms. The van der Waals surface area contributed by atoms with Crippen LogP contribution in [-0.2, 0) is 22.6 Å². The number of alkyl halides is 3. The molecule has 0 aliphatic carbocycles. The lowest BCUT2D eigenvalue weighted by Gasteiger charge is -2.33. The van der Waals surface area contributed by atoms with Crippen molar-refractivity contribution in [1.82, 2.24) is 30.2 Å². The molecule has 9 nitrogen and oxygen atoms in total. The van der Waals surface area contributed by atoms with E-state index in [4.69, 9.17) is 11.6 Å². The van der Waals surface area contributed by atoms with Crippen LogP contribution in [0.15, 0.2) is 23.1 Å². The van der Waals surface area contributed by atoms with Crippen molar-refractivity contribution >= 4 is 34.3 Å². The molecule has 0 saturated carbocycles. The van der Waals surface area contributed by atoms with Crippen LogP contribution in [0, 0.1) is 12.8 Å². The van der Waals surface area contributed by atoms with Gasteiger partial charge in [0.05, 0.1) is 28.3 Å². The molecule has 5 rings (SSSR count). The van der Waals surface area contributed by atoms with E-state index >= 15 is 0 Å². The lowest BCUT2D eigenvalue weighted by molar-refractivity contribution is -0.165. The van der Waals surface area contributed by atoms with Crippen LogP contribution in [0.4, 0.5) is 13.2 Å². The first-order valence-electron chi connectivity index (χ1n) is 12.3. The molecule has 4 heterocycles. The highest BCUT2D eigenvalue weighted by atomic mass is 35.5. The average Bonchev–Trinajstić information content (AvgIpc) is 3.32. The predicted octanol–water partition coefficient (Wildman–Crippen LogP) is 3.47. The maximum Gasteiger partial charge on any atom is 0.406 e. The van der Waals surface area contributed by atoms with Crippen molar-refractivity contribution in [1.29, 1.82) is 0 Å². The zero-order chi connectivity index (χ0) is 27.2. The van der Waals surface area contributed by atoms with Gasteiger partial charge in [-0.25, -0.2) is 5.10 Å². The lowest BCUT2D eigenvalue weighted by atomic mass is 9.89. The van der Waals surface area contributed by atoms with E-state index in [0.29, 0.717) is 64.2 Å². The van der Waals surface area contributed by atoms with Crippen LogP contribution in [0.25, 0.3) is 10.9 Å². The minimum absolute atomic E-state index is 0.0299. The highest BCUT2D eigenvalue weighted by Gasteiger charge is 2.39. The van der Waals surface area contributed by atoms with Crippen molar-refractivity contribution in [2.45, 2.75) is 51.2 Å². The highest BCUT2D eigenvalue weighted by molar-refractivity contribution is 6.35. The van der Waals surface area contributed by atoms with E-state index in [1.165, 1.54) is 6.20 Å². The third-order valence-corrected chi connectivity index (χ3v) is 7.71. The first kappa shape index (κ1) is 26.2. The molecule has 13 heteroatoms. The monoisotopic (exact) mass is 550 g/mol. The number of amides is 2. The maximum atomic E-state index is 13.4. The van der Waals surface area contributed by atoms with E-state index in [-0.39, 0.29) is 36.8 Å². The lowest BCUT2D eigenvalue weighted by Crippen LogP contribution is -2.44. The number of nitrogens with zero attached hydrogens (tertiary/aromatic N) is 4. The standard InChI is InChI=1S/C25H26ClF3N6O3/c1-13-6-17(23(37)33-31-13)14-2-4-34(5-3-14)21(36)9-16-7-15-8-20(26)22-18(10-30-32-22)19(15)11-35(24(16)38)12-25(27,28)29/h6,8,10,14,16H,2-5,7,9,11-12H2,1H3,(H,30,32)(H,33,37)/t16-/m1/s1. The van der Waals surface area contributed by atoms with Gasteiger partial charge in [0.1, 0.15) is 6.54 Å². The molecular formula is C25H26ClF3N6O3. The van der Waals surface area contributed by atoms with Gasteiger partial charge in [0, 0.05) is 37.0 Å². The van der Waals surface area contributed by atoms with Crippen LogP contribution in [0.1, 0.15) is 47.6 Å². The van der Waals surface area contributed by atoms with Crippen LogP contribution in [0.3, 0.4) is 0 Å². The Hall–Kier alpha value is -3.41. The van der Waals surface area contributed by atoms with E-state index in [2.05, 4.69) is 20.4 Å². The molecule has 2 amide bonds. The number of benzene rings is 1. The smallest absolute Gasteiger partial charge is 0.343 e. The van der Waals surface area contributed by atoms with Crippen molar-refractivity contribution < 1.29 is 22.8 Å². The van der Waals surface area contributed by atoms with Crippen molar-refractivity contribution in [3.8, 4) is 0 Å². The molecule has 1 fully saturated rings. The molecule has 202 valence electrons. The fraction of sp³-hybridized carbons (Fsp3) is 0.480. The number of hydrogen-bond donors (Lipinski definition) is 2. The molecular weight excluding hydrogens is 525 g/mol. The molecule has 38 heavy (non-hydrogen) atoms. The summed E-state index contributed by atoms with van der Waals surface area (Å²) in [5.41, 5.74) is 2.74. The summed E-state index contributed by atoms with van der Waals surface area (Å²) in [5.74, 6) is -2.01. The Morgan fingerprint density at radius 2 is 1.92 bits per heavy atom. The number of aryl methyl sites for hydroxylation is 1. The Morgan fingerprint density at radius 3 is 2.63 bits per heavy atom. The van der Waals surface area contributed by atoms with E-state index in [1.54, 1.807) is 24.0 Å². The first-order valence-corrected chi connectivity index (χ1v) is 12.7. The SMILES string of the molecule is Cc1cc(C2CCN(C(=O)C[C@H]3Cc4cc(Cl)c5[nH]ncc5c4CN(CC(F)(F)F)C3=O)CC2)c(=O)[nH]n1. The van der Waals surface area contributed by atoms with E-state index in [0.717, 1.165) is 4.90 Å². The Balaban J connectivity index is 1.35. The summed E-state index contributed by atoms with van der Waals surface area (Å²) in [6, 6.07) is 3.39. The summed E-state index contributed by atoms with van der Waals surface area (Å²) in [4.78, 5) is 41.2. The van der Waals surface area contributed by atoms with Gasteiger partial charge in [0.2, 0.25) is 11.8 Å². The molecule has 1 saturated heterocycles. The van der Waals surface area contributed by atoms with Gasteiger partial charge >= 0.3 is 6.18 Å². The molecule has 0 bridgehead atoms. The molecule has 2 aliphatic rings. The first-order chi connectivity index (χ1) is 18.0. The van der Waals surface area contributed by atoms with E-state index in [9.17, 15) is 27.6 Å². The third-order valence-electron chi connectivity index (χ3n) is 7.41. The molecule has 2 aromatic heterocycles. The van der Waals surface area contributed by atoms with E-state index in [1.807, 2.05) is 0 Å². The number of H-pyrrole nitrogens is 2. The van der Waals surface area contributed by atoms with Gasteiger partial charge in [-0.05, 0) is 55.4 Å². The fourth-order valence-corrected chi connectivity index (χ4v) is 5.83. The number of fused-ring (bicyclic) bond motifs is 3. The number of halogens is 4. The number of rotatable bonds is 4. The van der Waals surface area contributed by atoms with Crippen LogP contribution < -0.4 is 5.56 Å². The van der Waals surface area contributed by atoms with Gasteiger partial charge in [-0.1, -0.05) is 11.6 Å². The van der Waals surface area contributed by atoms with Gasteiger partial charge in [-0.3, -0.25) is 19.5 Å². The summed E-state index contributed by atoms with van der Waals surface area (Å²) in [7, 11) is 0. The summed E-state index contributed by atoms with van der Waals surface area (Å²) >= 11 is 6.37. The number of carbonyl (C=O) groups is 2. The number of nitrogens with one attached hydrogen (secondary N) is 2. The molecule has 2 N–H and O–H groups in total. The highest BCUT2D eigenvalue weighted by Crippen LogP contribution is 2.35. The normalized spacial score (nSPS) is 19.1. The van der Waals surface area contributed by atoms with Crippen LogP contribution >= 0.6 is 11.6 Å². The molecule has 3 aromatic rings. The number of likely N-dealkylation sites (tertiary alicyclic amines) is 1. The number of aromatic nitrogens is 4. The minimum Gasteiger partial charge on any atom is -0.343 e. The molecule has 0 unspecified atom stereocenters. The van der Waals surface area contributed by atoms with Gasteiger partial charge < -0.3 is 9.80 Å². The Kier molecular flexibility index (Phi) is 6.93. The summed E-state index contributed by atoms with van der Waals surface area (Å²) in [6.45, 7) is 0.887. The van der Waals surface area contributed by atoms with E-state index < -0.39 is 24.5 Å². The number of piperidine rings is 1. The second-order valence-corrected chi connectivity index (χ2v) is 10.4. The van der Waals surface area contributed by atoms with Crippen molar-refractivity contribution in [3.05, 3.63) is 56.1 Å². The largest absolute Gasteiger partial charge is 0.406 e. The number of carbonyl (C=O) groups excluding carboxylic acids is 2. The maximum absolute atomic E-state index is 13.4. The molecule has 1 aromatic carbocycles. The van der Waals surface area contributed by atoms with Gasteiger partial charge in [0.15, 0.2) is 0 Å². The predicted molar refractivity (Wildman–Crippen MR) is 133 cm³/mol. The third kappa shape index (κ3) is 5.27. The van der Waals surface area contributed by atoms with Crippen molar-refractivity contribution in [2.24, 2.45) is 5.92 Å². The van der Waals surface area contributed by atoms with Crippen LogP contribution in [0.2, 0.25) is 5.02 Å². The Labute approximate surface area is 220 Å². The van der Waals surface area contributed by atoms with Gasteiger partial charge in [-0.15, -0.1) is 0 Å². The second-order valence-electron chi connectivity index (χ2n) is 10.0. The molecule has 0 radical (unpaired) electrons. The quantitative estimate of drug-likeness (QED) is 0.516.